The lowest BCUT2D eigenvalue weighted by Gasteiger charge is -2.14. The number of hydrogen-bond donors (Lipinski definition) is 1. The predicted octanol–water partition coefficient (Wildman–Crippen LogP) is 3.85. The molecule has 2 aromatic rings. The Morgan fingerprint density at radius 2 is 1.86 bits per heavy atom. The maximum absolute atomic E-state index is 12.1. The molecule has 0 saturated carbocycles. The van der Waals surface area contributed by atoms with Gasteiger partial charge in [0, 0.05) is 23.7 Å². The van der Waals surface area contributed by atoms with Crippen LogP contribution in [0.1, 0.15) is 17.2 Å². The number of carbonyl (C=O) groups excluding carboxylic acids is 1. The SMILES string of the molecule is Cc1ccc(SCCN2CC(c3ccccc3)NC2=O)cc1. The topological polar surface area (TPSA) is 32.3 Å². The second-order valence-corrected chi connectivity index (χ2v) is 6.69. The summed E-state index contributed by atoms with van der Waals surface area (Å²) in [5.74, 6) is 0.915. The number of nitrogens with one attached hydrogen (secondary N) is 1. The fraction of sp³-hybridized carbons (Fsp3) is 0.278. The van der Waals surface area contributed by atoms with Gasteiger partial charge in [0.05, 0.1) is 6.04 Å². The van der Waals surface area contributed by atoms with Crippen LogP contribution in [-0.2, 0) is 0 Å². The normalized spacial score (nSPS) is 17.6. The summed E-state index contributed by atoms with van der Waals surface area (Å²) in [6.07, 6.45) is 0. The number of hydrogen-bond acceptors (Lipinski definition) is 2. The molecule has 0 bridgehead atoms. The van der Waals surface area contributed by atoms with Crippen LogP contribution in [0.25, 0.3) is 0 Å². The van der Waals surface area contributed by atoms with Crippen LogP contribution < -0.4 is 5.32 Å². The fourth-order valence-electron chi connectivity index (χ4n) is 2.56. The zero-order chi connectivity index (χ0) is 15.4. The first-order valence-electron chi connectivity index (χ1n) is 7.52. The van der Waals surface area contributed by atoms with Gasteiger partial charge in [-0.25, -0.2) is 4.79 Å². The van der Waals surface area contributed by atoms with Gasteiger partial charge in [0.2, 0.25) is 0 Å². The molecule has 3 nitrogen and oxygen atoms in total. The van der Waals surface area contributed by atoms with Gasteiger partial charge in [-0.05, 0) is 24.6 Å². The van der Waals surface area contributed by atoms with E-state index in [1.165, 1.54) is 16.0 Å². The molecule has 0 spiro atoms. The van der Waals surface area contributed by atoms with Gasteiger partial charge in [0.15, 0.2) is 0 Å². The van der Waals surface area contributed by atoms with Crippen molar-refractivity contribution in [3.63, 3.8) is 0 Å². The van der Waals surface area contributed by atoms with Crippen LogP contribution in [0, 0.1) is 6.92 Å². The van der Waals surface area contributed by atoms with E-state index >= 15 is 0 Å². The van der Waals surface area contributed by atoms with Gasteiger partial charge in [-0.3, -0.25) is 0 Å². The first-order chi connectivity index (χ1) is 10.7. The van der Waals surface area contributed by atoms with Gasteiger partial charge < -0.3 is 10.2 Å². The Balaban J connectivity index is 1.51. The van der Waals surface area contributed by atoms with Gasteiger partial charge in [-0.15, -0.1) is 11.8 Å². The monoisotopic (exact) mass is 312 g/mol. The van der Waals surface area contributed by atoms with E-state index < -0.39 is 0 Å². The summed E-state index contributed by atoms with van der Waals surface area (Å²) < 4.78 is 0. The number of thioether (sulfide) groups is 1. The number of amides is 2. The van der Waals surface area contributed by atoms with Gasteiger partial charge in [-0.1, -0.05) is 48.0 Å². The Hall–Kier alpha value is -1.94. The number of urea groups is 1. The third-order valence-corrected chi connectivity index (χ3v) is 4.83. The van der Waals surface area contributed by atoms with Gasteiger partial charge in [0.1, 0.15) is 0 Å². The first-order valence-corrected chi connectivity index (χ1v) is 8.51. The molecular weight excluding hydrogens is 292 g/mol. The van der Waals surface area contributed by atoms with Crippen LogP contribution in [0.4, 0.5) is 4.79 Å². The molecule has 114 valence electrons. The summed E-state index contributed by atoms with van der Waals surface area (Å²) in [5.41, 5.74) is 2.44. The molecule has 2 aromatic carbocycles. The molecule has 2 amide bonds. The molecule has 22 heavy (non-hydrogen) atoms. The average Bonchev–Trinajstić information content (AvgIpc) is 2.91. The molecule has 0 radical (unpaired) electrons. The van der Waals surface area contributed by atoms with Crippen molar-refractivity contribution in [2.24, 2.45) is 0 Å². The van der Waals surface area contributed by atoms with E-state index in [0.717, 1.165) is 18.8 Å². The molecule has 1 saturated heterocycles. The highest BCUT2D eigenvalue weighted by Gasteiger charge is 2.28. The van der Waals surface area contributed by atoms with Crippen molar-refractivity contribution < 1.29 is 4.79 Å². The third-order valence-electron chi connectivity index (χ3n) is 3.84. The van der Waals surface area contributed by atoms with E-state index in [0.29, 0.717) is 0 Å². The Bertz CT molecular complexity index is 627. The Morgan fingerprint density at radius 3 is 2.59 bits per heavy atom. The number of benzene rings is 2. The van der Waals surface area contributed by atoms with Gasteiger partial charge >= 0.3 is 6.03 Å². The molecule has 0 aliphatic carbocycles. The van der Waals surface area contributed by atoms with E-state index in [2.05, 4.69) is 48.6 Å². The molecule has 1 aliphatic rings. The minimum absolute atomic E-state index is 0.0401. The maximum atomic E-state index is 12.1. The van der Waals surface area contributed by atoms with E-state index in [9.17, 15) is 4.79 Å². The van der Waals surface area contributed by atoms with Crippen LogP contribution in [0.3, 0.4) is 0 Å². The average molecular weight is 312 g/mol. The third kappa shape index (κ3) is 3.63. The van der Waals surface area contributed by atoms with Crippen LogP contribution >= 0.6 is 11.8 Å². The van der Waals surface area contributed by atoms with Crippen molar-refractivity contribution in [3.05, 3.63) is 65.7 Å². The molecule has 1 heterocycles. The summed E-state index contributed by atoms with van der Waals surface area (Å²) in [6.45, 7) is 3.61. The Kier molecular flexibility index (Phi) is 4.68. The lowest BCUT2D eigenvalue weighted by atomic mass is 10.1. The minimum atomic E-state index is 0.0401. The molecule has 4 heteroatoms. The van der Waals surface area contributed by atoms with Crippen molar-refractivity contribution in [1.29, 1.82) is 0 Å². The van der Waals surface area contributed by atoms with Crippen molar-refractivity contribution in [3.8, 4) is 0 Å². The number of rotatable bonds is 5. The standard InChI is InChI=1S/C18H20N2OS/c1-14-7-9-16(10-8-14)22-12-11-20-13-17(19-18(20)21)15-5-3-2-4-6-15/h2-10,17H,11-13H2,1H3,(H,19,21). The summed E-state index contributed by atoms with van der Waals surface area (Å²) in [7, 11) is 0. The van der Waals surface area contributed by atoms with Crippen molar-refractivity contribution >= 4 is 17.8 Å². The molecule has 1 N–H and O–H groups in total. The van der Waals surface area contributed by atoms with Crippen LogP contribution in [0.15, 0.2) is 59.5 Å². The van der Waals surface area contributed by atoms with Crippen molar-refractivity contribution in [1.82, 2.24) is 10.2 Å². The highest BCUT2D eigenvalue weighted by atomic mass is 32.2. The number of aryl methyl sites for hydroxylation is 1. The molecule has 1 fully saturated rings. The second kappa shape index (κ2) is 6.88. The Morgan fingerprint density at radius 1 is 1.14 bits per heavy atom. The smallest absolute Gasteiger partial charge is 0.318 e. The summed E-state index contributed by atoms with van der Waals surface area (Å²) >= 11 is 1.79. The second-order valence-electron chi connectivity index (χ2n) is 5.52. The Labute approximate surface area is 135 Å². The molecule has 1 aliphatic heterocycles. The molecule has 1 atom stereocenters. The first kappa shape index (κ1) is 15.0. The summed E-state index contributed by atoms with van der Waals surface area (Å²) in [5, 5.41) is 3.05. The zero-order valence-corrected chi connectivity index (χ0v) is 13.5. The van der Waals surface area contributed by atoms with E-state index in [1.54, 1.807) is 11.8 Å². The van der Waals surface area contributed by atoms with Crippen molar-refractivity contribution in [2.45, 2.75) is 17.9 Å². The van der Waals surface area contributed by atoms with Gasteiger partial charge in [-0.2, -0.15) is 0 Å². The molecular formula is C18H20N2OS. The highest BCUT2D eigenvalue weighted by molar-refractivity contribution is 7.99. The zero-order valence-electron chi connectivity index (χ0n) is 12.7. The highest BCUT2D eigenvalue weighted by Crippen LogP contribution is 2.22. The lowest BCUT2D eigenvalue weighted by molar-refractivity contribution is 0.220. The van der Waals surface area contributed by atoms with Crippen LogP contribution in [-0.4, -0.2) is 29.8 Å². The fourth-order valence-corrected chi connectivity index (χ4v) is 3.44. The summed E-state index contributed by atoms with van der Waals surface area (Å²) in [4.78, 5) is 15.2. The predicted molar refractivity (Wildman–Crippen MR) is 91.2 cm³/mol. The molecule has 3 rings (SSSR count). The van der Waals surface area contributed by atoms with Gasteiger partial charge in [0.25, 0.3) is 0 Å². The van der Waals surface area contributed by atoms with Crippen LogP contribution in [0.5, 0.6) is 0 Å². The quantitative estimate of drug-likeness (QED) is 0.850. The molecule has 0 aromatic heterocycles. The molecule has 1 unspecified atom stereocenters. The van der Waals surface area contributed by atoms with E-state index in [1.807, 2.05) is 23.1 Å². The lowest BCUT2D eigenvalue weighted by Crippen LogP contribution is -2.30. The number of carbonyl (C=O) groups is 1. The van der Waals surface area contributed by atoms with E-state index in [4.69, 9.17) is 0 Å². The maximum Gasteiger partial charge on any atom is 0.318 e. The summed E-state index contributed by atoms with van der Waals surface area (Å²) in [6, 6.07) is 18.8. The number of nitrogens with zero attached hydrogens (tertiary/aromatic N) is 1. The van der Waals surface area contributed by atoms with Crippen LogP contribution in [0.2, 0.25) is 0 Å². The minimum Gasteiger partial charge on any atom is -0.329 e. The van der Waals surface area contributed by atoms with Crippen molar-refractivity contribution in [2.75, 3.05) is 18.8 Å². The largest absolute Gasteiger partial charge is 0.329 e. The van der Waals surface area contributed by atoms with E-state index in [-0.39, 0.29) is 12.1 Å².